The largest absolute Gasteiger partial charge is 0.491 e. The van der Waals surface area contributed by atoms with Crippen LogP contribution in [-0.2, 0) is 0 Å². The Hall–Kier alpha value is -1.85. The fraction of sp³-hybridized carbons (Fsp3) is 0.500. The summed E-state index contributed by atoms with van der Waals surface area (Å²) in [4.78, 5) is 2.32. The number of aromatic nitrogens is 2. The number of hydrogen-bond donors (Lipinski definition) is 2. The monoisotopic (exact) mass is 315 g/mol. The van der Waals surface area contributed by atoms with E-state index in [9.17, 15) is 5.11 Å². The van der Waals surface area contributed by atoms with Crippen molar-refractivity contribution in [3.8, 4) is 5.75 Å². The number of aliphatic hydroxyl groups excluding tert-OH is 1. The summed E-state index contributed by atoms with van der Waals surface area (Å²) in [5.74, 6) is 1.40. The quantitative estimate of drug-likeness (QED) is 0.859. The third-order valence-electron chi connectivity index (χ3n) is 4.51. The predicted molar refractivity (Wildman–Crippen MR) is 89.7 cm³/mol. The predicted octanol–water partition coefficient (Wildman–Crippen LogP) is 2.34. The van der Waals surface area contributed by atoms with Crippen molar-refractivity contribution in [3.05, 3.63) is 47.8 Å². The first-order valence-corrected chi connectivity index (χ1v) is 8.29. The molecule has 1 fully saturated rings. The lowest BCUT2D eigenvalue weighted by Gasteiger charge is -2.32. The van der Waals surface area contributed by atoms with E-state index in [1.165, 1.54) is 11.1 Å². The molecule has 5 nitrogen and oxygen atoms in total. The molecule has 1 saturated heterocycles. The zero-order chi connectivity index (χ0) is 16.1. The molecule has 124 valence electrons. The zero-order valence-corrected chi connectivity index (χ0v) is 13.6. The summed E-state index contributed by atoms with van der Waals surface area (Å²) in [7, 11) is 0. The van der Waals surface area contributed by atoms with Crippen LogP contribution in [0.25, 0.3) is 0 Å². The minimum Gasteiger partial charge on any atom is -0.491 e. The maximum atomic E-state index is 10.2. The third-order valence-corrected chi connectivity index (χ3v) is 4.51. The Kier molecular flexibility index (Phi) is 5.31. The highest BCUT2D eigenvalue weighted by molar-refractivity contribution is 5.26. The molecule has 0 amide bonds. The van der Waals surface area contributed by atoms with E-state index in [4.69, 9.17) is 4.74 Å². The highest BCUT2D eigenvalue weighted by atomic mass is 16.5. The first-order valence-electron chi connectivity index (χ1n) is 8.29. The number of hydrogen-bond acceptors (Lipinski definition) is 4. The number of aliphatic hydroxyl groups is 1. The number of benzene rings is 1. The Balaban J connectivity index is 1.39. The number of likely N-dealkylation sites (tertiary alicyclic amines) is 1. The molecule has 0 unspecified atom stereocenters. The lowest BCUT2D eigenvalue weighted by atomic mass is 9.91. The summed E-state index contributed by atoms with van der Waals surface area (Å²) < 4.78 is 5.66. The second-order valence-electron chi connectivity index (χ2n) is 6.38. The molecule has 3 rings (SSSR count). The second kappa shape index (κ2) is 7.62. The lowest BCUT2D eigenvalue weighted by molar-refractivity contribution is 0.0594. The molecule has 5 heteroatoms. The molecule has 1 aromatic carbocycles. The first-order chi connectivity index (χ1) is 11.2. The van der Waals surface area contributed by atoms with Gasteiger partial charge in [-0.05, 0) is 56.5 Å². The molecular weight excluding hydrogens is 290 g/mol. The van der Waals surface area contributed by atoms with Crippen LogP contribution in [0.4, 0.5) is 0 Å². The minimum absolute atomic E-state index is 0.338. The summed E-state index contributed by atoms with van der Waals surface area (Å²) in [5.41, 5.74) is 2.51. The minimum atomic E-state index is -0.457. The van der Waals surface area contributed by atoms with Crippen LogP contribution >= 0.6 is 0 Å². The summed E-state index contributed by atoms with van der Waals surface area (Å²) in [6, 6.07) is 7.92. The van der Waals surface area contributed by atoms with Gasteiger partial charge in [0.05, 0.1) is 6.20 Å². The van der Waals surface area contributed by atoms with Crippen molar-refractivity contribution in [3.63, 3.8) is 0 Å². The standard InChI is InChI=1S/C18H25N3O2/c1-14-2-4-18(5-3-14)23-13-17(22)12-21-8-6-15(7-9-21)16-10-19-20-11-16/h2-5,10-11,15,17,22H,6-9,12-13H2,1H3,(H,19,20)/t17-/m0/s1. The van der Waals surface area contributed by atoms with Gasteiger partial charge >= 0.3 is 0 Å². The molecule has 0 saturated carbocycles. The Morgan fingerprint density at radius 1 is 1.30 bits per heavy atom. The van der Waals surface area contributed by atoms with E-state index in [1.54, 1.807) is 0 Å². The Morgan fingerprint density at radius 3 is 2.70 bits per heavy atom. The molecule has 0 aliphatic carbocycles. The van der Waals surface area contributed by atoms with Gasteiger partial charge in [-0.2, -0.15) is 5.10 Å². The van der Waals surface area contributed by atoms with E-state index in [2.05, 4.69) is 15.1 Å². The number of ether oxygens (including phenoxy) is 1. The van der Waals surface area contributed by atoms with Crippen molar-refractivity contribution in [1.29, 1.82) is 0 Å². The highest BCUT2D eigenvalue weighted by Gasteiger charge is 2.22. The zero-order valence-electron chi connectivity index (χ0n) is 13.6. The molecule has 1 aliphatic rings. The van der Waals surface area contributed by atoms with Gasteiger partial charge in [0.15, 0.2) is 0 Å². The second-order valence-corrected chi connectivity index (χ2v) is 6.38. The molecule has 2 aromatic rings. The van der Waals surface area contributed by atoms with Gasteiger partial charge in [-0.15, -0.1) is 0 Å². The van der Waals surface area contributed by atoms with Crippen molar-refractivity contribution >= 4 is 0 Å². The topological polar surface area (TPSA) is 61.4 Å². The molecule has 1 aliphatic heterocycles. The van der Waals surface area contributed by atoms with Gasteiger partial charge < -0.3 is 14.7 Å². The van der Waals surface area contributed by atoms with E-state index >= 15 is 0 Å². The molecule has 0 radical (unpaired) electrons. The Morgan fingerprint density at radius 2 is 2.04 bits per heavy atom. The molecular formula is C18H25N3O2. The van der Waals surface area contributed by atoms with E-state index in [0.29, 0.717) is 19.1 Å². The van der Waals surface area contributed by atoms with Gasteiger partial charge in [-0.1, -0.05) is 17.7 Å². The van der Waals surface area contributed by atoms with Crippen molar-refractivity contribution in [2.75, 3.05) is 26.2 Å². The van der Waals surface area contributed by atoms with Gasteiger partial charge in [-0.3, -0.25) is 5.10 Å². The van der Waals surface area contributed by atoms with Gasteiger partial charge in [-0.25, -0.2) is 0 Å². The number of H-pyrrole nitrogens is 1. The van der Waals surface area contributed by atoms with E-state index in [0.717, 1.165) is 31.7 Å². The van der Waals surface area contributed by atoms with Crippen molar-refractivity contribution in [2.24, 2.45) is 0 Å². The Labute approximate surface area is 137 Å². The van der Waals surface area contributed by atoms with Crippen LogP contribution in [0.15, 0.2) is 36.7 Å². The van der Waals surface area contributed by atoms with E-state index in [-0.39, 0.29) is 0 Å². The number of nitrogens with zero attached hydrogens (tertiary/aromatic N) is 2. The number of aromatic amines is 1. The summed E-state index contributed by atoms with van der Waals surface area (Å²) in [5, 5.41) is 17.1. The fourth-order valence-corrected chi connectivity index (χ4v) is 3.11. The van der Waals surface area contributed by atoms with Gasteiger partial charge in [0.25, 0.3) is 0 Å². The number of nitrogens with one attached hydrogen (secondary N) is 1. The van der Waals surface area contributed by atoms with Crippen LogP contribution < -0.4 is 4.74 Å². The van der Waals surface area contributed by atoms with Crippen LogP contribution in [0.3, 0.4) is 0 Å². The van der Waals surface area contributed by atoms with Crippen LogP contribution in [0, 0.1) is 6.92 Å². The number of β-amino-alcohol motifs (C(OH)–C–C–N with tert-alkyl or cyclic N) is 1. The lowest BCUT2D eigenvalue weighted by Crippen LogP contribution is -2.40. The van der Waals surface area contributed by atoms with Crippen LogP contribution in [0.1, 0.15) is 29.9 Å². The Bertz CT molecular complexity index is 575. The van der Waals surface area contributed by atoms with Crippen molar-refractivity contribution in [2.45, 2.75) is 31.8 Å². The van der Waals surface area contributed by atoms with Crippen molar-refractivity contribution in [1.82, 2.24) is 15.1 Å². The third kappa shape index (κ3) is 4.56. The van der Waals surface area contributed by atoms with Crippen molar-refractivity contribution < 1.29 is 9.84 Å². The summed E-state index contributed by atoms with van der Waals surface area (Å²) in [6.45, 7) is 5.08. The molecule has 0 bridgehead atoms. The number of aryl methyl sites for hydroxylation is 1. The summed E-state index contributed by atoms with van der Waals surface area (Å²) >= 11 is 0. The van der Waals surface area contributed by atoms with Gasteiger partial charge in [0, 0.05) is 12.7 Å². The summed E-state index contributed by atoms with van der Waals surface area (Å²) in [6.07, 6.45) is 5.69. The van der Waals surface area contributed by atoms with Gasteiger partial charge in [0.1, 0.15) is 18.5 Å². The van der Waals surface area contributed by atoms with E-state index < -0.39 is 6.10 Å². The maximum absolute atomic E-state index is 10.2. The number of piperidine rings is 1. The smallest absolute Gasteiger partial charge is 0.119 e. The van der Waals surface area contributed by atoms with Crippen LogP contribution in [-0.4, -0.2) is 52.5 Å². The average Bonchev–Trinajstić information content (AvgIpc) is 3.09. The average molecular weight is 315 g/mol. The van der Waals surface area contributed by atoms with Crippen LogP contribution in [0.2, 0.25) is 0 Å². The molecule has 23 heavy (non-hydrogen) atoms. The molecule has 2 N–H and O–H groups in total. The normalized spacial score (nSPS) is 18.0. The van der Waals surface area contributed by atoms with E-state index in [1.807, 2.05) is 43.6 Å². The first kappa shape index (κ1) is 16.0. The van der Waals surface area contributed by atoms with Crippen LogP contribution in [0.5, 0.6) is 5.75 Å². The molecule has 1 aromatic heterocycles. The molecule has 2 heterocycles. The van der Waals surface area contributed by atoms with Gasteiger partial charge in [0.2, 0.25) is 0 Å². The molecule has 1 atom stereocenters. The number of rotatable bonds is 6. The highest BCUT2D eigenvalue weighted by Crippen LogP contribution is 2.27. The molecule has 0 spiro atoms. The fourth-order valence-electron chi connectivity index (χ4n) is 3.11. The maximum Gasteiger partial charge on any atom is 0.119 e. The SMILES string of the molecule is Cc1ccc(OC[C@@H](O)CN2CCC(c3cn[nH]c3)CC2)cc1.